The largest absolute Gasteiger partial charge is 0.389 e. The average Bonchev–Trinajstić information content (AvgIpc) is 2.52. The van der Waals surface area contributed by atoms with Gasteiger partial charge in [-0.25, -0.2) is 4.39 Å². The fourth-order valence-corrected chi connectivity index (χ4v) is 1.99. The van der Waals surface area contributed by atoms with Crippen LogP contribution in [0.5, 0.6) is 0 Å². The second kappa shape index (κ2) is 11.3. The van der Waals surface area contributed by atoms with Gasteiger partial charge in [-0.1, -0.05) is 42.2 Å². The molecule has 0 aromatic heterocycles. The van der Waals surface area contributed by atoms with E-state index in [1.807, 2.05) is 0 Å². The van der Waals surface area contributed by atoms with E-state index < -0.39 is 12.2 Å². The van der Waals surface area contributed by atoms with E-state index in [1.165, 1.54) is 19.1 Å². The Balaban J connectivity index is 2.30. The van der Waals surface area contributed by atoms with Crippen molar-refractivity contribution in [3.63, 3.8) is 0 Å². The van der Waals surface area contributed by atoms with Crippen molar-refractivity contribution in [1.29, 1.82) is 0 Å². The van der Waals surface area contributed by atoms with Crippen LogP contribution in [0.3, 0.4) is 0 Å². The van der Waals surface area contributed by atoms with E-state index in [-0.39, 0.29) is 11.6 Å². The lowest BCUT2D eigenvalue weighted by Gasteiger charge is -2.04. The van der Waals surface area contributed by atoms with Crippen LogP contribution in [0, 0.1) is 17.7 Å². The molecular weight excluding hydrogens is 307 g/mol. The molecule has 2 N–H and O–H groups in total. The van der Waals surface area contributed by atoms with Crippen LogP contribution in [0.25, 0.3) is 0 Å². The third-order valence-electron chi connectivity index (χ3n) is 3.24. The van der Waals surface area contributed by atoms with Crippen molar-refractivity contribution in [2.75, 3.05) is 0 Å². The first-order valence-electron chi connectivity index (χ1n) is 7.92. The minimum Gasteiger partial charge on any atom is -0.389 e. The first-order chi connectivity index (χ1) is 11.5. The van der Waals surface area contributed by atoms with Gasteiger partial charge in [0.15, 0.2) is 0 Å². The van der Waals surface area contributed by atoms with Crippen LogP contribution in [-0.2, 0) is 11.2 Å². The molecule has 0 spiro atoms. The Labute approximate surface area is 142 Å². The molecule has 0 heterocycles. The van der Waals surface area contributed by atoms with Crippen LogP contribution in [0.1, 0.15) is 31.7 Å². The first-order valence-corrected chi connectivity index (χ1v) is 7.92. The number of aliphatic hydroxyl groups is 2. The van der Waals surface area contributed by atoms with Gasteiger partial charge in [0.1, 0.15) is 17.7 Å². The zero-order chi connectivity index (χ0) is 17.8. The van der Waals surface area contributed by atoms with E-state index in [1.54, 1.807) is 36.4 Å². The van der Waals surface area contributed by atoms with Gasteiger partial charge >= 0.3 is 0 Å². The quantitative estimate of drug-likeness (QED) is 0.569. The fraction of sp³-hybridized carbons (Fsp3) is 0.350. The maximum absolute atomic E-state index is 12.8. The van der Waals surface area contributed by atoms with E-state index >= 15 is 0 Å². The molecule has 1 aromatic carbocycles. The van der Waals surface area contributed by atoms with Crippen LogP contribution in [0.2, 0.25) is 0 Å². The maximum Gasteiger partial charge on any atom is 0.129 e. The number of carbonyl (C=O) groups is 1. The van der Waals surface area contributed by atoms with Gasteiger partial charge in [-0.3, -0.25) is 0 Å². The zero-order valence-electron chi connectivity index (χ0n) is 13.8. The van der Waals surface area contributed by atoms with E-state index in [9.17, 15) is 19.4 Å². The predicted octanol–water partition coefficient (Wildman–Crippen LogP) is 2.97. The van der Waals surface area contributed by atoms with Crippen LogP contribution in [0.15, 0.2) is 48.6 Å². The fourth-order valence-electron chi connectivity index (χ4n) is 1.99. The molecule has 1 rings (SSSR count). The topological polar surface area (TPSA) is 57.5 Å². The van der Waals surface area contributed by atoms with Crippen molar-refractivity contribution in [2.45, 2.75) is 44.8 Å². The zero-order valence-corrected chi connectivity index (χ0v) is 13.8. The number of hydrogen-bond acceptors (Lipinski definition) is 3. The van der Waals surface area contributed by atoms with E-state index in [0.29, 0.717) is 25.7 Å². The molecule has 128 valence electrons. The summed E-state index contributed by atoms with van der Waals surface area (Å²) in [6, 6.07) is 6.01. The summed E-state index contributed by atoms with van der Waals surface area (Å²) < 4.78 is 12.8. The molecule has 4 heteroatoms. The second-order valence-corrected chi connectivity index (χ2v) is 5.54. The van der Waals surface area contributed by atoms with Crippen LogP contribution >= 0.6 is 0 Å². The molecule has 1 aromatic rings. The lowest BCUT2D eigenvalue weighted by Crippen LogP contribution is -2.06. The summed E-state index contributed by atoms with van der Waals surface area (Å²) in [5.74, 6) is 5.19. The van der Waals surface area contributed by atoms with Crippen molar-refractivity contribution in [3.05, 3.63) is 60.0 Å². The average molecular weight is 330 g/mol. The standard InChI is InChI=1S/C20H23FO3/c1-16(22)7-6-10-19(23)8-4-2-3-5-9-20(24)15-17-11-13-18(21)14-12-17/h2-3,5,9,11-14,19-20,23-24H,6-7,10,15H2,1H3/b3-2+,9-5+/t19-,20+/m1/s1. The second-order valence-electron chi connectivity index (χ2n) is 5.54. The molecule has 0 radical (unpaired) electrons. The highest BCUT2D eigenvalue weighted by Gasteiger charge is 2.01. The number of benzene rings is 1. The number of allylic oxidation sites excluding steroid dienone is 3. The summed E-state index contributed by atoms with van der Waals surface area (Å²) in [5, 5.41) is 19.4. The Kier molecular flexibility index (Phi) is 9.36. The smallest absolute Gasteiger partial charge is 0.129 e. The highest BCUT2D eigenvalue weighted by atomic mass is 19.1. The Hall–Kier alpha value is -2.22. The van der Waals surface area contributed by atoms with Crippen molar-refractivity contribution < 1.29 is 19.4 Å². The number of aliphatic hydroxyl groups excluding tert-OH is 2. The number of hydrogen-bond donors (Lipinski definition) is 2. The molecule has 0 unspecified atom stereocenters. The SMILES string of the molecule is CC(=O)CCC[C@H](O)C#C/C=C/C=C/[C@H](O)Cc1ccc(F)cc1. The summed E-state index contributed by atoms with van der Waals surface area (Å²) in [5.41, 5.74) is 0.853. The summed E-state index contributed by atoms with van der Waals surface area (Å²) in [4.78, 5) is 10.8. The van der Waals surface area contributed by atoms with Crippen molar-refractivity contribution in [3.8, 4) is 11.8 Å². The first kappa shape index (κ1) is 19.8. The Morgan fingerprint density at radius 3 is 2.62 bits per heavy atom. The Bertz CT molecular complexity index is 621. The molecule has 0 fully saturated rings. The molecule has 0 saturated heterocycles. The molecule has 0 aliphatic heterocycles. The molecular formula is C20H23FO3. The van der Waals surface area contributed by atoms with Gasteiger partial charge in [0, 0.05) is 12.8 Å². The predicted molar refractivity (Wildman–Crippen MR) is 92.7 cm³/mol. The van der Waals surface area contributed by atoms with Gasteiger partial charge in [0.05, 0.1) is 6.10 Å². The summed E-state index contributed by atoms with van der Waals surface area (Å²) in [6.45, 7) is 1.53. The Morgan fingerprint density at radius 2 is 1.96 bits per heavy atom. The Morgan fingerprint density at radius 1 is 1.25 bits per heavy atom. The maximum atomic E-state index is 12.8. The molecule has 0 saturated carbocycles. The van der Waals surface area contributed by atoms with Gasteiger partial charge in [0.2, 0.25) is 0 Å². The summed E-state index contributed by atoms with van der Waals surface area (Å²) in [6.07, 6.45) is 7.12. The number of ketones is 1. The van der Waals surface area contributed by atoms with Crippen LogP contribution in [0.4, 0.5) is 4.39 Å². The van der Waals surface area contributed by atoms with Gasteiger partial charge < -0.3 is 15.0 Å². The van der Waals surface area contributed by atoms with Gasteiger partial charge in [0.25, 0.3) is 0 Å². The molecule has 2 atom stereocenters. The van der Waals surface area contributed by atoms with Gasteiger partial charge in [-0.15, -0.1) is 0 Å². The molecule has 3 nitrogen and oxygen atoms in total. The monoisotopic (exact) mass is 330 g/mol. The number of rotatable bonds is 8. The van der Waals surface area contributed by atoms with Gasteiger partial charge in [-0.05, 0) is 43.5 Å². The van der Waals surface area contributed by atoms with Crippen LogP contribution < -0.4 is 0 Å². The van der Waals surface area contributed by atoms with Crippen molar-refractivity contribution in [2.24, 2.45) is 0 Å². The van der Waals surface area contributed by atoms with Crippen LogP contribution in [-0.4, -0.2) is 28.2 Å². The van der Waals surface area contributed by atoms with E-state index in [4.69, 9.17) is 0 Å². The molecule has 0 bridgehead atoms. The molecule has 24 heavy (non-hydrogen) atoms. The minimum atomic E-state index is -0.734. The van der Waals surface area contributed by atoms with Crippen molar-refractivity contribution >= 4 is 5.78 Å². The lowest BCUT2D eigenvalue weighted by atomic mass is 10.1. The van der Waals surface area contributed by atoms with E-state index in [2.05, 4.69) is 11.8 Å². The number of Topliss-reactive ketones (excluding diaryl/α,β-unsaturated/α-hetero) is 1. The number of halogens is 1. The normalized spacial score (nSPS) is 13.7. The van der Waals surface area contributed by atoms with Crippen molar-refractivity contribution in [1.82, 2.24) is 0 Å². The third-order valence-corrected chi connectivity index (χ3v) is 3.24. The molecule has 0 aliphatic carbocycles. The minimum absolute atomic E-state index is 0.111. The molecule has 0 amide bonds. The summed E-state index contributed by atoms with van der Waals surface area (Å²) in [7, 11) is 0. The van der Waals surface area contributed by atoms with E-state index in [0.717, 1.165) is 5.56 Å². The number of carbonyl (C=O) groups excluding carboxylic acids is 1. The summed E-state index contributed by atoms with van der Waals surface area (Å²) >= 11 is 0. The third kappa shape index (κ3) is 9.73. The van der Waals surface area contributed by atoms with Gasteiger partial charge in [-0.2, -0.15) is 0 Å². The molecule has 0 aliphatic rings. The highest BCUT2D eigenvalue weighted by Crippen LogP contribution is 2.06. The lowest BCUT2D eigenvalue weighted by molar-refractivity contribution is -0.117. The highest BCUT2D eigenvalue weighted by molar-refractivity contribution is 5.75.